The van der Waals surface area contributed by atoms with Crippen LogP contribution >= 0.6 is 0 Å². The topological polar surface area (TPSA) is 84.2 Å². The number of anilines is 1. The molecule has 0 unspecified atom stereocenters. The van der Waals surface area contributed by atoms with Crippen molar-refractivity contribution in [2.45, 2.75) is 38.6 Å². The zero-order chi connectivity index (χ0) is 16.7. The Morgan fingerprint density at radius 3 is 2.96 bits per heavy atom. The molecule has 7 nitrogen and oxygen atoms in total. The molecule has 1 N–H and O–H groups in total. The number of amides is 1. The standard InChI is InChI=1S/C17H21N5O2/c1-10-8-22(16-5-6-18-11(2)19-16)9-14(10)20-17(23)13-7-15(24-21-13)12-3-4-12/h5-7,10,12,14H,3-4,8-9H2,1-2H3,(H,20,23)/t10-,14-/m1/s1. The highest BCUT2D eigenvalue weighted by Gasteiger charge is 2.33. The molecule has 24 heavy (non-hydrogen) atoms. The second-order valence-corrected chi connectivity index (χ2v) is 6.81. The van der Waals surface area contributed by atoms with Crippen molar-refractivity contribution in [3.8, 4) is 0 Å². The van der Waals surface area contributed by atoms with Crippen molar-refractivity contribution < 1.29 is 9.32 Å². The van der Waals surface area contributed by atoms with Gasteiger partial charge >= 0.3 is 0 Å². The van der Waals surface area contributed by atoms with Gasteiger partial charge in [-0.25, -0.2) is 9.97 Å². The molecule has 2 atom stereocenters. The molecule has 7 heteroatoms. The number of hydrogen-bond acceptors (Lipinski definition) is 6. The Balaban J connectivity index is 1.41. The lowest BCUT2D eigenvalue weighted by atomic mass is 10.1. The molecule has 1 saturated heterocycles. The first-order valence-electron chi connectivity index (χ1n) is 8.42. The van der Waals surface area contributed by atoms with Crippen LogP contribution in [0.25, 0.3) is 0 Å². The van der Waals surface area contributed by atoms with Crippen LogP contribution in [0.5, 0.6) is 0 Å². The summed E-state index contributed by atoms with van der Waals surface area (Å²) in [6.45, 7) is 5.60. The lowest BCUT2D eigenvalue weighted by Crippen LogP contribution is -2.40. The largest absolute Gasteiger partial charge is 0.360 e. The van der Waals surface area contributed by atoms with E-state index < -0.39 is 0 Å². The Morgan fingerprint density at radius 1 is 1.38 bits per heavy atom. The van der Waals surface area contributed by atoms with Crippen molar-refractivity contribution in [1.82, 2.24) is 20.4 Å². The van der Waals surface area contributed by atoms with Gasteiger partial charge in [-0.05, 0) is 31.7 Å². The van der Waals surface area contributed by atoms with Crippen LogP contribution in [0.2, 0.25) is 0 Å². The zero-order valence-electron chi connectivity index (χ0n) is 13.9. The van der Waals surface area contributed by atoms with E-state index >= 15 is 0 Å². The predicted octanol–water partition coefficient (Wildman–Crippen LogP) is 1.91. The Kier molecular flexibility index (Phi) is 3.70. The first-order chi connectivity index (χ1) is 11.6. The number of nitrogens with zero attached hydrogens (tertiary/aromatic N) is 4. The second-order valence-electron chi connectivity index (χ2n) is 6.81. The van der Waals surface area contributed by atoms with Crippen molar-refractivity contribution >= 4 is 11.7 Å². The van der Waals surface area contributed by atoms with E-state index in [1.807, 2.05) is 13.0 Å². The first kappa shape index (κ1) is 15.1. The SMILES string of the molecule is Cc1nccc(N2C[C@@H](C)[C@H](NC(=O)c3cc(C4CC4)on3)C2)n1. The van der Waals surface area contributed by atoms with Crippen LogP contribution in [0.15, 0.2) is 22.9 Å². The van der Waals surface area contributed by atoms with Crippen molar-refractivity contribution in [2.75, 3.05) is 18.0 Å². The van der Waals surface area contributed by atoms with Gasteiger partial charge in [-0.2, -0.15) is 0 Å². The van der Waals surface area contributed by atoms with Crippen LogP contribution < -0.4 is 10.2 Å². The summed E-state index contributed by atoms with van der Waals surface area (Å²) in [5, 5.41) is 7.00. The molecule has 2 fully saturated rings. The van der Waals surface area contributed by atoms with Gasteiger partial charge < -0.3 is 14.7 Å². The minimum absolute atomic E-state index is 0.0637. The minimum atomic E-state index is -0.164. The molecule has 0 spiro atoms. The molecule has 1 aliphatic heterocycles. The van der Waals surface area contributed by atoms with Gasteiger partial charge in [0.05, 0.1) is 6.04 Å². The van der Waals surface area contributed by atoms with Crippen LogP contribution in [0.4, 0.5) is 5.82 Å². The van der Waals surface area contributed by atoms with Crippen molar-refractivity contribution in [1.29, 1.82) is 0 Å². The maximum absolute atomic E-state index is 12.4. The maximum Gasteiger partial charge on any atom is 0.273 e. The number of aryl methyl sites for hydroxylation is 1. The van der Waals surface area contributed by atoms with E-state index in [2.05, 4.69) is 32.3 Å². The molecule has 0 radical (unpaired) electrons. The highest BCUT2D eigenvalue weighted by atomic mass is 16.5. The molecule has 0 bridgehead atoms. The molecular weight excluding hydrogens is 306 g/mol. The summed E-state index contributed by atoms with van der Waals surface area (Å²) in [6.07, 6.45) is 4.02. The van der Waals surface area contributed by atoms with Crippen molar-refractivity contribution in [3.63, 3.8) is 0 Å². The van der Waals surface area contributed by atoms with Crippen molar-refractivity contribution in [3.05, 3.63) is 35.6 Å². The molecule has 2 aliphatic rings. The van der Waals surface area contributed by atoms with Gasteiger partial charge in [-0.15, -0.1) is 0 Å². The molecule has 4 rings (SSSR count). The van der Waals surface area contributed by atoms with E-state index in [9.17, 15) is 4.79 Å². The molecule has 1 saturated carbocycles. The van der Waals surface area contributed by atoms with Gasteiger partial charge in [0.15, 0.2) is 5.69 Å². The smallest absolute Gasteiger partial charge is 0.273 e. The van der Waals surface area contributed by atoms with Crippen LogP contribution in [0, 0.1) is 12.8 Å². The average molecular weight is 327 g/mol. The number of nitrogens with one attached hydrogen (secondary N) is 1. The van der Waals surface area contributed by atoms with E-state index in [0.29, 0.717) is 17.5 Å². The van der Waals surface area contributed by atoms with Gasteiger partial charge in [0.1, 0.15) is 17.4 Å². The Hall–Kier alpha value is -2.44. The summed E-state index contributed by atoms with van der Waals surface area (Å²) >= 11 is 0. The van der Waals surface area contributed by atoms with Crippen LogP contribution in [-0.4, -0.2) is 40.2 Å². The molecule has 2 aromatic heterocycles. The van der Waals surface area contributed by atoms with E-state index in [4.69, 9.17) is 4.52 Å². The number of aromatic nitrogens is 3. The molecule has 2 aromatic rings. The highest BCUT2D eigenvalue weighted by molar-refractivity contribution is 5.92. The molecular formula is C17H21N5O2. The molecule has 3 heterocycles. The number of carbonyl (C=O) groups is 1. The summed E-state index contributed by atoms with van der Waals surface area (Å²) < 4.78 is 5.27. The monoisotopic (exact) mass is 327 g/mol. The minimum Gasteiger partial charge on any atom is -0.360 e. The number of carbonyl (C=O) groups excluding carboxylic acids is 1. The van der Waals surface area contributed by atoms with Crippen LogP contribution in [0.3, 0.4) is 0 Å². The third kappa shape index (κ3) is 2.98. The van der Waals surface area contributed by atoms with Gasteiger partial charge in [-0.1, -0.05) is 12.1 Å². The van der Waals surface area contributed by atoms with Crippen LogP contribution in [-0.2, 0) is 0 Å². The molecule has 1 aliphatic carbocycles. The van der Waals surface area contributed by atoms with E-state index in [0.717, 1.165) is 43.3 Å². The van der Waals surface area contributed by atoms with Crippen molar-refractivity contribution in [2.24, 2.45) is 5.92 Å². The van der Waals surface area contributed by atoms with E-state index in [1.165, 1.54) is 0 Å². The molecule has 1 amide bonds. The lowest BCUT2D eigenvalue weighted by Gasteiger charge is -2.17. The summed E-state index contributed by atoms with van der Waals surface area (Å²) in [7, 11) is 0. The normalized spacial score (nSPS) is 23.5. The van der Waals surface area contributed by atoms with Gasteiger partial charge in [-0.3, -0.25) is 4.79 Å². The van der Waals surface area contributed by atoms with Gasteiger partial charge in [0, 0.05) is 31.3 Å². The third-order valence-electron chi connectivity index (χ3n) is 4.75. The third-order valence-corrected chi connectivity index (χ3v) is 4.75. The Bertz CT molecular complexity index is 755. The van der Waals surface area contributed by atoms with Crippen LogP contribution in [0.1, 0.15) is 47.8 Å². The first-order valence-corrected chi connectivity index (χ1v) is 8.42. The zero-order valence-corrected chi connectivity index (χ0v) is 13.9. The Morgan fingerprint density at radius 2 is 2.21 bits per heavy atom. The quantitative estimate of drug-likeness (QED) is 0.923. The lowest BCUT2D eigenvalue weighted by molar-refractivity contribution is 0.0924. The molecule has 0 aromatic carbocycles. The molecule has 126 valence electrons. The Labute approximate surface area is 140 Å². The number of rotatable bonds is 4. The summed E-state index contributed by atoms with van der Waals surface area (Å²) in [5.41, 5.74) is 0.375. The summed E-state index contributed by atoms with van der Waals surface area (Å²) in [6, 6.07) is 3.75. The maximum atomic E-state index is 12.4. The van der Waals surface area contributed by atoms with E-state index in [1.54, 1.807) is 12.3 Å². The number of hydrogen-bond donors (Lipinski definition) is 1. The fourth-order valence-corrected chi connectivity index (χ4v) is 3.16. The highest BCUT2D eigenvalue weighted by Crippen LogP contribution is 2.40. The summed E-state index contributed by atoms with van der Waals surface area (Å²) in [5.74, 6) is 3.12. The fraction of sp³-hybridized carbons (Fsp3) is 0.529. The van der Waals surface area contributed by atoms with Gasteiger partial charge in [0.25, 0.3) is 5.91 Å². The predicted molar refractivity (Wildman–Crippen MR) is 87.9 cm³/mol. The summed E-state index contributed by atoms with van der Waals surface area (Å²) in [4.78, 5) is 23.2. The van der Waals surface area contributed by atoms with Gasteiger partial charge in [0.2, 0.25) is 0 Å². The second kappa shape index (κ2) is 5.89. The van der Waals surface area contributed by atoms with E-state index in [-0.39, 0.29) is 11.9 Å². The fourth-order valence-electron chi connectivity index (χ4n) is 3.16. The average Bonchev–Trinajstić information content (AvgIpc) is 3.18.